The van der Waals surface area contributed by atoms with Gasteiger partial charge < -0.3 is 9.47 Å². The molecule has 0 N–H and O–H groups in total. The van der Waals surface area contributed by atoms with Crippen LogP contribution in [-0.4, -0.2) is 18.5 Å². The summed E-state index contributed by atoms with van der Waals surface area (Å²) in [5.41, 5.74) is 0. The van der Waals surface area contributed by atoms with Crippen LogP contribution in [0.4, 0.5) is 0 Å². The van der Waals surface area contributed by atoms with E-state index >= 15 is 0 Å². The second-order valence-corrected chi connectivity index (χ2v) is 6.04. The van der Waals surface area contributed by atoms with E-state index in [-0.39, 0.29) is 18.4 Å². The SMILES string of the molecule is CCCC(=O)O[C@H](CC(=O)OCC)c1cc2ccccc2s1. The summed E-state index contributed by atoms with van der Waals surface area (Å²) in [6, 6.07) is 9.92. The van der Waals surface area contributed by atoms with Gasteiger partial charge in [0.15, 0.2) is 0 Å². The van der Waals surface area contributed by atoms with Crippen molar-refractivity contribution in [1.82, 2.24) is 0 Å². The molecule has 5 heteroatoms. The highest BCUT2D eigenvalue weighted by molar-refractivity contribution is 7.19. The van der Waals surface area contributed by atoms with E-state index in [0.717, 1.165) is 21.4 Å². The molecular weight excluding hydrogens is 300 g/mol. The molecule has 0 aliphatic heterocycles. The molecule has 1 heterocycles. The largest absolute Gasteiger partial charge is 0.466 e. The van der Waals surface area contributed by atoms with Crippen LogP contribution in [0.2, 0.25) is 0 Å². The van der Waals surface area contributed by atoms with Gasteiger partial charge in [-0.15, -0.1) is 11.3 Å². The fourth-order valence-corrected chi connectivity index (χ4v) is 3.25. The van der Waals surface area contributed by atoms with Gasteiger partial charge in [0.2, 0.25) is 0 Å². The number of ether oxygens (including phenoxy) is 2. The van der Waals surface area contributed by atoms with Crippen LogP contribution in [0, 0.1) is 0 Å². The maximum atomic E-state index is 11.8. The molecule has 1 aromatic carbocycles. The molecule has 0 radical (unpaired) electrons. The van der Waals surface area contributed by atoms with Crippen molar-refractivity contribution in [2.75, 3.05) is 6.61 Å². The summed E-state index contributed by atoms with van der Waals surface area (Å²) in [4.78, 5) is 24.5. The molecule has 0 spiro atoms. The molecule has 118 valence electrons. The summed E-state index contributed by atoms with van der Waals surface area (Å²) in [6.45, 7) is 4.00. The molecule has 0 unspecified atom stereocenters. The molecule has 0 amide bonds. The number of hydrogen-bond donors (Lipinski definition) is 0. The van der Waals surface area contributed by atoms with Gasteiger partial charge in [0, 0.05) is 16.0 Å². The quantitative estimate of drug-likeness (QED) is 0.716. The summed E-state index contributed by atoms with van der Waals surface area (Å²) in [6.07, 6.45) is 0.549. The second kappa shape index (κ2) is 7.94. The lowest BCUT2D eigenvalue weighted by Crippen LogP contribution is -2.15. The monoisotopic (exact) mass is 320 g/mol. The molecule has 22 heavy (non-hydrogen) atoms. The van der Waals surface area contributed by atoms with Crippen molar-refractivity contribution in [3.05, 3.63) is 35.2 Å². The van der Waals surface area contributed by atoms with Crippen molar-refractivity contribution in [3.8, 4) is 0 Å². The van der Waals surface area contributed by atoms with E-state index in [4.69, 9.17) is 9.47 Å². The lowest BCUT2D eigenvalue weighted by atomic mass is 10.2. The molecule has 1 atom stereocenters. The Morgan fingerprint density at radius 2 is 1.95 bits per heavy atom. The highest BCUT2D eigenvalue weighted by Crippen LogP contribution is 2.33. The molecule has 0 bridgehead atoms. The van der Waals surface area contributed by atoms with Crippen LogP contribution in [-0.2, 0) is 19.1 Å². The minimum Gasteiger partial charge on any atom is -0.466 e. The van der Waals surface area contributed by atoms with Gasteiger partial charge in [-0.1, -0.05) is 25.1 Å². The molecule has 1 aromatic heterocycles. The first-order chi connectivity index (χ1) is 10.6. The van der Waals surface area contributed by atoms with Gasteiger partial charge in [0.05, 0.1) is 13.0 Å². The molecule has 0 aliphatic carbocycles. The molecule has 0 fully saturated rings. The van der Waals surface area contributed by atoms with Gasteiger partial charge in [0.25, 0.3) is 0 Å². The third kappa shape index (κ3) is 4.31. The smallest absolute Gasteiger partial charge is 0.309 e. The number of esters is 2. The van der Waals surface area contributed by atoms with E-state index in [2.05, 4.69) is 0 Å². The molecule has 0 saturated carbocycles. The minimum atomic E-state index is -0.574. The molecule has 4 nitrogen and oxygen atoms in total. The van der Waals surface area contributed by atoms with Crippen molar-refractivity contribution >= 4 is 33.4 Å². The standard InChI is InChI=1S/C17H20O4S/c1-3-7-16(18)21-13(11-17(19)20-4-2)15-10-12-8-5-6-9-14(12)22-15/h5-6,8-10,13H,3-4,7,11H2,1-2H3/t13-/m1/s1. The first kappa shape index (κ1) is 16.5. The van der Waals surface area contributed by atoms with Gasteiger partial charge in [-0.2, -0.15) is 0 Å². The van der Waals surface area contributed by atoms with E-state index in [0.29, 0.717) is 13.0 Å². The third-order valence-corrected chi connectivity index (χ3v) is 4.36. The summed E-state index contributed by atoms with van der Waals surface area (Å²) < 4.78 is 11.6. The fourth-order valence-electron chi connectivity index (χ4n) is 2.15. The number of carbonyl (C=O) groups excluding carboxylic acids is 2. The predicted molar refractivity (Wildman–Crippen MR) is 86.8 cm³/mol. The Bertz CT molecular complexity index is 594. The lowest BCUT2D eigenvalue weighted by Gasteiger charge is -2.15. The number of hydrogen-bond acceptors (Lipinski definition) is 5. The van der Waals surface area contributed by atoms with Crippen molar-refractivity contribution in [1.29, 1.82) is 0 Å². The normalized spacial score (nSPS) is 12.1. The molecule has 2 aromatic rings. The van der Waals surface area contributed by atoms with Gasteiger partial charge in [-0.3, -0.25) is 9.59 Å². The predicted octanol–water partition coefficient (Wildman–Crippen LogP) is 4.24. The van der Waals surface area contributed by atoms with Gasteiger partial charge >= 0.3 is 11.9 Å². The van der Waals surface area contributed by atoms with Crippen LogP contribution in [0.5, 0.6) is 0 Å². The van der Waals surface area contributed by atoms with E-state index in [1.54, 1.807) is 18.3 Å². The average Bonchev–Trinajstić information content (AvgIpc) is 2.91. The highest BCUT2D eigenvalue weighted by Gasteiger charge is 2.23. The number of benzene rings is 1. The maximum absolute atomic E-state index is 11.8. The van der Waals surface area contributed by atoms with Crippen LogP contribution < -0.4 is 0 Å². The van der Waals surface area contributed by atoms with Crippen molar-refractivity contribution in [2.24, 2.45) is 0 Å². The Morgan fingerprint density at radius 1 is 1.18 bits per heavy atom. The first-order valence-electron chi connectivity index (χ1n) is 7.47. The lowest BCUT2D eigenvalue weighted by molar-refractivity contribution is -0.155. The van der Waals surface area contributed by atoms with Crippen LogP contribution >= 0.6 is 11.3 Å². The molecular formula is C17H20O4S. The van der Waals surface area contributed by atoms with E-state index in [1.165, 1.54) is 0 Å². The van der Waals surface area contributed by atoms with E-state index < -0.39 is 6.10 Å². The Labute approximate surface area is 134 Å². The number of thiophene rings is 1. The zero-order chi connectivity index (χ0) is 15.9. The Hall–Kier alpha value is -1.88. The van der Waals surface area contributed by atoms with Crippen molar-refractivity contribution in [3.63, 3.8) is 0 Å². The highest BCUT2D eigenvalue weighted by atomic mass is 32.1. The van der Waals surface area contributed by atoms with Gasteiger partial charge in [0.1, 0.15) is 6.10 Å². The summed E-state index contributed by atoms with van der Waals surface area (Å²) in [7, 11) is 0. The maximum Gasteiger partial charge on any atom is 0.309 e. The molecule has 0 aliphatic rings. The Balaban J connectivity index is 2.21. The Morgan fingerprint density at radius 3 is 2.64 bits per heavy atom. The van der Waals surface area contributed by atoms with Crippen LogP contribution in [0.3, 0.4) is 0 Å². The first-order valence-corrected chi connectivity index (χ1v) is 8.29. The van der Waals surface area contributed by atoms with Crippen LogP contribution in [0.15, 0.2) is 30.3 Å². The number of carbonyl (C=O) groups is 2. The zero-order valence-electron chi connectivity index (χ0n) is 12.8. The van der Waals surface area contributed by atoms with Gasteiger partial charge in [-0.05, 0) is 30.9 Å². The molecule has 2 rings (SSSR count). The Kier molecular flexibility index (Phi) is 5.95. The average molecular weight is 320 g/mol. The number of rotatable bonds is 7. The second-order valence-electron chi connectivity index (χ2n) is 4.92. The van der Waals surface area contributed by atoms with Gasteiger partial charge in [-0.25, -0.2) is 0 Å². The van der Waals surface area contributed by atoms with E-state index in [1.807, 2.05) is 37.3 Å². The molecule has 0 saturated heterocycles. The van der Waals surface area contributed by atoms with E-state index in [9.17, 15) is 9.59 Å². The fraction of sp³-hybridized carbons (Fsp3) is 0.412. The summed E-state index contributed by atoms with van der Waals surface area (Å²) >= 11 is 1.54. The number of fused-ring (bicyclic) bond motifs is 1. The zero-order valence-corrected chi connectivity index (χ0v) is 13.7. The van der Waals surface area contributed by atoms with Crippen LogP contribution in [0.1, 0.15) is 44.1 Å². The summed E-state index contributed by atoms with van der Waals surface area (Å²) in [5, 5.41) is 1.09. The van der Waals surface area contributed by atoms with Crippen molar-refractivity contribution < 1.29 is 19.1 Å². The summed E-state index contributed by atoms with van der Waals surface area (Å²) in [5.74, 6) is -0.636. The third-order valence-electron chi connectivity index (χ3n) is 3.15. The topological polar surface area (TPSA) is 52.6 Å². The van der Waals surface area contributed by atoms with Crippen molar-refractivity contribution in [2.45, 2.75) is 39.2 Å². The minimum absolute atomic E-state index is 0.0517. The van der Waals surface area contributed by atoms with Crippen LogP contribution in [0.25, 0.3) is 10.1 Å².